The number of hydrogen-bond donors (Lipinski definition) is 0. The molecule has 0 unspecified atom stereocenters. The average molecular weight is 171 g/mol. The zero-order valence-electron chi connectivity index (χ0n) is 7.16. The maximum absolute atomic E-state index is 5.54. The van der Waals surface area contributed by atoms with Crippen molar-refractivity contribution < 1.29 is 4.74 Å². The first-order valence-electron chi connectivity index (χ1n) is 4.45. The van der Waals surface area contributed by atoms with Crippen molar-refractivity contribution in [2.75, 3.05) is 6.61 Å². The van der Waals surface area contributed by atoms with Gasteiger partial charge in [-0.3, -0.25) is 4.99 Å². The Hall–Kier alpha value is -1.57. The van der Waals surface area contributed by atoms with Crippen LogP contribution in [0.4, 0.5) is 5.69 Å². The van der Waals surface area contributed by atoms with Crippen LogP contribution in [0.2, 0.25) is 0 Å². The minimum atomic E-state index is 0.798. The normalized spacial score (nSPS) is 16.6. The Morgan fingerprint density at radius 2 is 2.23 bits per heavy atom. The van der Waals surface area contributed by atoms with E-state index in [9.17, 15) is 0 Å². The molecule has 0 atom stereocenters. The van der Waals surface area contributed by atoms with Crippen LogP contribution in [0.15, 0.2) is 17.1 Å². The highest BCUT2D eigenvalue weighted by atomic mass is 16.5. The van der Waals surface area contributed by atoms with Crippen molar-refractivity contribution in [2.24, 2.45) is 4.99 Å². The standard InChI is InChI=1S/C11H9NO/c1-2-9-6-10-8(3-4-12-10)7-11(9)13-5-1/h2-4,6-7H,1,5H2. The van der Waals surface area contributed by atoms with Gasteiger partial charge < -0.3 is 4.74 Å². The summed E-state index contributed by atoms with van der Waals surface area (Å²) >= 11 is 0. The third-order valence-electron chi connectivity index (χ3n) is 2.37. The van der Waals surface area contributed by atoms with E-state index in [1.54, 1.807) is 0 Å². The van der Waals surface area contributed by atoms with Crippen molar-refractivity contribution >= 4 is 24.1 Å². The van der Waals surface area contributed by atoms with E-state index in [0.717, 1.165) is 29.7 Å². The van der Waals surface area contributed by atoms with Gasteiger partial charge in [-0.15, -0.1) is 0 Å². The minimum Gasteiger partial charge on any atom is -0.493 e. The number of nitrogens with zero attached hydrogens (tertiary/aromatic N) is 1. The van der Waals surface area contributed by atoms with Crippen molar-refractivity contribution in [1.82, 2.24) is 0 Å². The number of hydrogen-bond acceptors (Lipinski definition) is 2. The molecule has 3 rings (SSSR count). The summed E-state index contributed by atoms with van der Waals surface area (Å²) in [5.74, 6) is 0.992. The first-order valence-corrected chi connectivity index (χ1v) is 4.45. The molecular weight excluding hydrogens is 162 g/mol. The van der Waals surface area contributed by atoms with E-state index in [-0.39, 0.29) is 0 Å². The Labute approximate surface area is 75.9 Å². The van der Waals surface area contributed by atoms with Gasteiger partial charge in [0.25, 0.3) is 0 Å². The molecule has 0 aliphatic carbocycles. The van der Waals surface area contributed by atoms with Crippen LogP contribution < -0.4 is 15.2 Å². The van der Waals surface area contributed by atoms with Crippen LogP contribution in [-0.2, 0) is 0 Å². The smallest absolute Gasteiger partial charge is 0.126 e. The maximum atomic E-state index is 5.54. The second kappa shape index (κ2) is 2.46. The summed E-state index contributed by atoms with van der Waals surface area (Å²) in [7, 11) is 0. The van der Waals surface area contributed by atoms with Gasteiger partial charge in [-0.25, -0.2) is 0 Å². The Kier molecular flexibility index (Phi) is 1.30. The lowest BCUT2D eigenvalue weighted by molar-refractivity contribution is 0.318. The molecule has 0 saturated carbocycles. The molecular formula is C11H9NO. The van der Waals surface area contributed by atoms with Crippen molar-refractivity contribution in [3.05, 3.63) is 22.6 Å². The van der Waals surface area contributed by atoms with Gasteiger partial charge in [0, 0.05) is 23.1 Å². The summed E-state index contributed by atoms with van der Waals surface area (Å²) in [6.45, 7) is 0.798. The fourth-order valence-corrected chi connectivity index (χ4v) is 1.71. The zero-order valence-corrected chi connectivity index (χ0v) is 7.16. The Bertz CT molecular complexity index is 500. The molecule has 0 spiro atoms. The van der Waals surface area contributed by atoms with Crippen LogP contribution in [0, 0.1) is 0 Å². The second-order valence-corrected chi connectivity index (χ2v) is 3.23. The highest BCUT2D eigenvalue weighted by Gasteiger charge is 2.06. The zero-order chi connectivity index (χ0) is 8.67. The van der Waals surface area contributed by atoms with Crippen LogP contribution in [0.1, 0.15) is 6.42 Å². The van der Waals surface area contributed by atoms with Crippen LogP contribution in [0.3, 0.4) is 0 Å². The van der Waals surface area contributed by atoms with E-state index in [2.05, 4.69) is 23.2 Å². The molecule has 0 bridgehead atoms. The topological polar surface area (TPSA) is 21.6 Å². The number of rotatable bonds is 0. The Morgan fingerprint density at radius 1 is 1.23 bits per heavy atom. The first kappa shape index (κ1) is 6.89. The Morgan fingerprint density at radius 3 is 3.23 bits per heavy atom. The molecule has 0 saturated heterocycles. The molecule has 1 aromatic rings. The fourth-order valence-electron chi connectivity index (χ4n) is 1.71. The van der Waals surface area contributed by atoms with Gasteiger partial charge >= 0.3 is 0 Å². The van der Waals surface area contributed by atoms with Gasteiger partial charge in [0.15, 0.2) is 0 Å². The molecule has 2 nitrogen and oxygen atoms in total. The van der Waals surface area contributed by atoms with Gasteiger partial charge in [0.1, 0.15) is 5.75 Å². The van der Waals surface area contributed by atoms with E-state index in [1.807, 2.05) is 12.3 Å². The second-order valence-electron chi connectivity index (χ2n) is 3.23. The van der Waals surface area contributed by atoms with Gasteiger partial charge in [-0.05, 0) is 18.2 Å². The third-order valence-corrected chi connectivity index (χ3v) is 2.37. The maximum Gasteiger partial charge on any atom is 0.126 e. The molecule has 13 heavy (non-hydrogen) atoms. The fraction of sp³-hybridized carbons (Fsp3) is 0.182. The van der Waals surface area contributed by atoms with Crippen LogP contribution in [0.25, 0.3) is 12.2 Å². The van der Waals surface area contributed by atoms with E-state index in [1.165, 1.54) is 5.22 Å². The molecule has 0 fully saturated rings. The lowest BCUT2D eigenvalue weighted by Crippen LogP contribution is -2.17. The lowest BCUT2D eigenvalue weighted by Gasteiger charge is -2.10. The predicted octanol–water partition coefficient (Wildman–Crippen LogP) is 0.746. The molecule has 2 heterocycles. The van der Waals surface area contributed by atoms with Crippen LogP contribution in [-0.4, -0.2) is 12.8 Å². The van der Waals surface area contributed by atoms with Crippen molar-refractivity contribution in [1.29, 1.82) is 0 Å². The predicted molar refractivity (Wildman–Crippen MR) is 52.9 cm³/mol. The number of ether oxygens (including phenoxy) is 1. The summed E-state index contributed by atoms with van der Waals surface area (Å²) < 4.78 is 5.54. The first-order chi connectivity index (χ1) is 6.43. The summed E-state index contributed by atoms with van der Waals surface area (Å²) in [6, 6.07) is 4.15. The molecule has 64 valence electrons. The highest BCUT2D eigenvalue weighted by Crippen LogP contribution is 2.12. The quantitative estimate of drug-likeness (QED) is 0.564. The monoisotopic (exact) mass is 171 g/mol. The third kappa shape index (κ3) is 0.985. The van der Waals surface area contributed by atoms with E-state index >= 15 is 0 Å². The number of fused-ring (bicyclic) bond motifs is 2. The minimum absolute atomic E-state index is 0.798. The SMILES string of the molecule is C1=Nc2cc3c(cc2=C1)OCCC=3. The van der Waals surface area contributed by atoms with Gasteiger partial charge in [0.05, 0.1) is 12.3 Å². The lowest BCUT2D eigenvalue weighted by atomic mass is 10.1. The molecule has 2 heteroatoms. The summed E-state index contributed by atoms with van der Waals surface area (Å²) in [6.07, 6.45) is 7.04. The molecule has 0 amide bonds. The van der Waals surface area contributed by atoms with E-state index in [0.29, 0.717) is 0 Å². The largest absolute Gasteiger partial charge is 0.493 e. The average Bonchev–Trinajstić information content (AvgIpc) is 2.61. The van der Waals surface area contributed by atoms with Crippen LogP contribution >= 0.6 is 0 Å². The van der Waals surface area contributed by atoms with Crippen molar-refractivity contribution in [2.45, 2.75) is 6.42 Å². The summed E-state index contributed by atoms with van der Waals surface area (Å²) in [5, 5.41) is 2.34. The van der Waals surface area contributed by atoms with E-state index < -0.39 is 0 Å². The number of aliphatic imine (C=N–C) groups is 1. The van der Waals surface area contributed by atoms with Crippen molar-refractivity contribution in [3.63, 3.8) is 0 Å². The molecule has 2 aliphatic heterocycles. The summed E-state index contributed by atoms with van der Waals surface area (Å²) in [4.78, 5) is 4.25. The molecule has 0 radical (unpaired) electrons. The molecule has 0 aromatic heterocycles. The summed E-state index contributed by atoms with van der Waals surface area (Å²) in [5.41, 5.74) is 1.06. The van der Waals surface area contributed by atoms with Gasteiger partial charge in [-0.1, -0.05) is 6.08 Å². The number of benzene rings is 1. The van der Waals surface area contributed by atoms with Crippen LogP contribution in [0.5, 0.6) is 5.75 Å². The van der Waals surface area contributed by atoms with Gasteiger partial charge in [0.2, 0.25) is 0 Å². The molecule has 2 aliphatic rings. The molecule has 1 aromatic carbocycles. The van der Waals surface area contributed by atoms with Crippen molar-refractivity contribution in [3.8, 4) is 5.75 Å². The molecule has 0 N–H and O–H groups in total. The highest BCUT2D eigenvalue weighted by molar-refractivity contribution is 5.97. The Balaban J connectivity index is 2.37. The van der Waals surface area contributed by atoms with E-state index in [4.69, 9.17) is 4.74 Å². The van der Waals surface area contributed by atoms with Gasteiger partial charge in [-0.2, -0.15) is 0 Å².